The molecule has 1 aliphatic heterocycles. The van der Waals surface area contributed by atoms with Gasteiger partial charge in [-0.15, -0.1) is 11.8 Å². The van der Waals surface area contributed by atoms with Crippen molar-refractivity contribution < 1.29 is 19.7 Å². The number of hydrogen-bond donors (Lipinski definition) is 2. The summed E-state index contributed by atoms with van der Waals surface area (Å²) in [5.74, 6) is -0.0224. The van der Waals surface area contributed by atoms with Crippen LogP contribution in [-0.4, -0.2) is 40.2 Å². The fraction of sp³-hybridized carbons (Fsp3) is 0.364. The average molecular weight is 240 g/mol. The second-order valence-electron chi connectivity index (χ2n) is 3.60. The number of hydrogen-bond acceptors (Lipinski definition) is 5. The van der Waals surface area contributed by atoms with Crippen LogP contribution in [0.1, 0.15) is 10.4 Å². The third-order valence-corrected chi connectivity index (χ3v) is 3.51. The Bertz CT molecular complexity index is 401. The van der Waals surface area contributed by atoms with Gasteiger partial charge in [0.15, 0.2) is 5.78 Å². The van der Waals surface area contributed by atoms with Gasteiger partial charge in [0.05, 0.1) is 29.8 Å². The van der Waals surface area contributed by atoms with Crippen molar-refractivity contribution in [3.63, 3.8) is 0 Å². The molecule has 0 radical (unpaired) electrons. The smallest absolute Gasteiger partial charge is 0.176 e. The first-order chi connectivity index (χ1) is 7.66. The van der Waals surface area contributed by atoms with Crippen molar-refractivity contribution in [2.24, 2.45) is 0 Å². The third-order valence-electron chi connectivity index (χ3n) is 2.34. The summed E-state index contributed by atoms with van der Waals surface area (Å²) in [4.78, 5) is 11.7. The Morgan fingerprint density at radius 1 is 1.44 bits per heavy atom. The van der Waals surface area contributed by atoms with E-state index in [1.54, 1.807) is 0 Å². The Labute approximate surface area is 97.2 Å². The van der Waals surface area contributed by atoms with Crippen LogP contribution >= 0.6 is 11.8 Å². The van der Waals surface area contributed by atoms with Crippen LogP contribution in [0.2, 0.25) is 0 Å². The van der Waals surface area contributed by atoms with Crippen LogP contribution in [-0.2, 0) is 4.74 Å². The molecule has 1 fully saturated rings. The summed E-state index contributed by atoms with van der Waals surface area (Å²) in [6, 6.07) is 4.00. The maximum absolute atomic E-state index is 11.7. The van der Waals surface area contributed by atoms with Gasteiger partial charge in [-0.1, -0.05) is 0 Å². The van der Waals surface area contributed by atoms with Crippen LogP contribution in [0.15, 0.2) is 18.2 Å². The first-order valence-electron chi connectivity index (χ1n) is 4.91. The van der Waals surface area contributed by atoms with E-state index in [0.717, 1.165) is 0 Å². The maximum atomic E-state index is 11.7. The zero-order valence-electron chi connectivity index (χ0n) is 8.55. The molecule has 4 nitrogen and oxygen atoms in total. The molecular formula is C11H12O4S. The number of benzene rings is 1. The number of carbonyl (C=O) groups excluding carboxylic acids is 1. The standard InChI is InChI=1S/C11H12O4S/c12-7-1-2-9(10(13)3-7)11(14)6-16-8-4-15-5-8/h1-3,8,12-13H,4-6H2. The average Bonchev–Trinajstić information content (AvgIpc) is 2.14. The monoisotopic (exact) mass is 240 g/mol. The number of ether oxygens (including phenoxy) is 1. The van der Waals surface area contributed by atoms with Gasteiger partial charge < -0.3 is 14.9 Å². The SMILES string of the molecule is O=C(CSC1COC1)c1ccc(O)cc1O. The van der Waals surface area contributed by atoms with Crippen LogP contribution in [0, 0.1) is 0 Å². The van der Waals surface area contributed by atoms with Crippen molar-refractivity contribution in [3.05, 3.63) is 23.8 Å². The van der Waals surface area contributed by atoms with E-state index in [1.807, 2.05) is 0 Å². The molecule has 0 bridgehead atoms. The maximum Gasteiger partial charge on any atom is 0.176 e. The van der Waals surface area contributed by atoms with Crippen molar-refractivity contribution in [2.45, 2.75) is 5.25 Å². The van der Waals surface area contributed by atoms with Gasteiger partial charge >= 0.3 is 0 Å². The molecule has 0 saturated carbocycles. The Balaban J connectivity index is 1.96. The molecule has 2 N–H and O–H groups in total. The zero-order valence-corrected chi connectivity index (χ0v) is 9.37. The lowest BCUT2D eigenvalue weighted by Crippen LogP contribution is -2.31. The highest BCUT2D eigenvalue weighted by Crippen LogP contribution is 2.25. The number of phenolic OH excluding ortho intramolecular Hbond substituents is 2. The summed E-state index contributed by atoms with van der Waals surface area (Å²) in [5.41, 5.74) is 0.255. The largest absolute Gasteiger partial charge is 0.508 e. The van der Waals surface area contributed by atoms with Crippen LogP contribution in [0.3, 0.4) is 0 Å². The molecule has 0 spiro atoms. The van der Waals surface area contributed by atoms with E-state index in [4.69, 9.17) is 9.84 Å². The lowest BCUT2D eigenvalue weighted by molar-refractivity contribution is 0.0455. The molecule has 0 aromatic heterocycles. The first-order valence-corrected chi connectivity index (χ1v) is 5.96. The summed E-state index contributed by atoms with van der Waals surface area (Å²) < 4.78 is 5.00. The molecule has 5 heteroatoms. The second kappa shape index (κ2) is 4.76. The highest BCUT2D eigenvalue weighted by molar-refractivity contribution is 8.00. The van der Waals surface area contributed by atoms with Gasteiger partial charge in [0.1, 0.15) is 11.5 Å². The minimum atomic E-state index is -0.171. The van der Waals surface area contributed by atoms with Gasteiger partial charge in [-0.25, -0.2) is 0 Å². The number of Topliss-reactive ketones (excluding diaryl/α,β-unsaturated/α-hetero) is 1. The van der Waals surface area contributed by atoms with E-state index in [-0.39, 0.29) is 22.8 Å². The third kappa shape index (κ3) is 2.48. The summed E-state index contributed by atoms with van der Waals surface area (Å²) in [6.07, 6.45) is 0. The number of ketones is 1. The lowest BCUT2D eigenvalue weighted by Gasteiger charge is -2.24. The zero-order chi connectivity index (χ0) is 11.5. The van der Waals surface area contributed by atoms with Gasteiger partial charge in [0.2, 0.25) is 0 Å². The molecule has 0 amide bonds. The van der Waals surface area contributed by atoms with Crippen molar-refractivity contribution in [3.8, 4) is 11.5 Å². The van der Waals surface area contributed by atoms with Crippen LogP contribution in [0.4, 0.5) is 0 Å². The quantitative estimate of drug-likeness (QED) is 0.779. The topological polar surface area (TPSA) is 66.8 Å². The molecule has 1 saturated heterocycles. The van der Waals surface area contributed by atoms with Gasteiger partial charge in [0.25, 0.3) is 0 Å². The summed E-state index contributed by atoms with van der Waals surface area (Å²) in [6.45, 7) is 1.39. The number of carbonyl (C=O) groups is 1. The van der Waals surface area contributed by atoms with Gasteiger partial charge in [0, 0.05) is 6.07 Å². The van der Waals surface area contributed by atoms with Crippen molar-refractivity contribution in [1.29, 1.82) is 0 Å². The lowest BCUT2D eigenvalue weighted by atomic mass is 10.1. The van der Waals surface area contributed by atoms with E-state index < -0.39 is 0 Å². The molecular weight excluding hydrogens is 228 g/mol. The van der Waals surface area contributed by atoms with Crippen LogP contribution < -0.4 is 0 Å². The normalized spacial score (nSPS) is 15.8. The second-order valence-corrected chi connectivity index (χ2v) is 4.88. The highest BCUT2D eigenvalue weighted by atomic mass is 32.2. The minimum Gasteiger partial charge on any atom is -0.508 e. The van der Waals surface area contributed by atoms with Crippen molar-refractivity contribution in [1.82, 2.24) is 0 Å². The summed E-state index contributed by atoms with van der Waals surface area (Å²) in [7, 11) is 0. The van der Waals surface area contributed by atoms with Crippen LogP contribution in [0.25, 0.3) is 0 Å². The Morgan fingerprint density at radius 3 is 2.75 bits per heavy atom. The van der Waals surface area contributed by atoms with Crippen molar-refractivity contribution >= 4 is 17.5 Å². The Hall–Kier alpha value is -1.20. The summed E-state index contributed by atoms with van der Waals surface area (Å²) >= 11 is 1.53. The van der Waals surface area contributed by atoms with Crippen molar-refractivity contribution in [2.75, 3.05) is 19.0 Å². The van der Waals surface area contributed by atoms with E-state index in [2.05, 4.69) is 0 Å². The van der Waals surface area contributed by atoms with E-state index in [9.17, 15) is 9.90 Å². The fourth-order valence-corrected chi connectivity index (χ4v) is 2.26. The number of phenols is 2. The number of aromatic hydroxyl groups is 2. The van der Waals surface area contributed by atoms with Gasteiger partial charge in [-0.3, -0.25) is 4.79 Å². The number of rotatable bonds is 4. The predicted octanol–water partition coefficient (Wildman–Crippen LogP) is 1.41. The fourth-order valence-electron chi connectivity index (χ4n) is 1.34. The van der Waals surface area contributed by atoms with E-state index >= 15 is 0 Å². The molecule has 1 aliphatic rings. The Kier molecular flexibility index (Phi) is 3.36. The molecule has 1 heterocycles. The van der Waals surface area contributed by atoms with Gasteiger partial charge in [-0.05, 0) is 12.1 Å². The molecule has 1 aromatic rings. The van der Waals surface area contributed by atoms with E-state index in [1.165, 1.54) is 30.0 Å². The van der Waals surface area contributed by atoms with E-state index in [0.29, 0.717) is 24.2 Å². The molecule has 86 valence electrons. The number of thioether (sulfide) groups is 1. The van der Waals surface area contributed by atoms with Crippen LogP contribution in [0.5, 0.6) is 11.5 Å². The first kappa shape index (κ1) is 11.3. The highest BCUT2D eigenvalue weighted by Gasteiger charge is 2.21. The molecule has 0 aliphatic carbocycles. The molecule has 0 unspecified atom stereocenters. The molecule has 16 heavy (non-hydrogen) atoms. The minimum absolute atomic E-state index is 0.0471. The summed E-state index contributed by atoms with van der Waals surface area (Å²) in [5, 5.41) is 19.0. The van der Waals surface area contributed by atoms with Gasteiger partial charge in [-0.2, -0.15) is 0 Å². The Morgan fingerprint density at radius 2 is 2.19 bits per heavy atom. The molecule has 0 atom stereocenters. The molecule has 1 aromatic carbocycles. The predicted molar refractivity (Wildman–Crippen MR) is 61.2 cm³/mol. The molecule has 2 rings (SSSR count).